The molecule has 4 heteroatoms. The van der Waals surface area contributed by atoms with Crippen LogP contribution < -0.4 is 0 Å². The molecule has 0 aliphatic heterocycles. The van der Waals surface area contributed by atoms with Crippen LogP contribution in [0.5, 0.6) is 0 Å². The summed E-state index contributed by atoms with van der Waals surface area (Å²) < 4.78 is 39.4. The number of hydrogen-bond donors (Lipinski definition) is 0. The first kappa shape index (κ1) is 9.84. The SMILES string of the molecule is CC[C@H]1CCC[C@H]1OC(F)(F)F. The van der Waals surface area contributed by atoms with Crippen LogP contribution in [-0.4, -0.2) is 12.5 Å². The first-order chi connectivity index (χ1) is 5.53. The van der Waals surface area contributed by atoms with Crippen molar-refractivity contribution in [2.45, 2.75) is 45.1 Å². The third-order valence-electron chi connectivity index (χ3n) is 2.40. The summed E-state index contributed by atoms with van der Waals surface area (Å²) in [5.41, 5.74) is 0. The predicted molar refractivity (Wildman–Crippen MR) is 38.6 cm³/mol. The van der Waals surface area contributed by atoms with Gasteiger partial charge in [0.05, 0.1) is 6.10 Å². The molecule has 0 heterocycles. The van der Waals surface area contributed by atoms with Crippen LogP contribution in [-0.2, 0) is 4.74 Å². The van der Waals surface area contributed by atoms with Crippen LogP contribution in [0.3, 0.4) is 0 Å². The molecule has 0 aromatic heterocycles. The van der Waals surface area contributed by atoms with E-state index < -0.39 is 12.5 Å². The minimum Gasteiger partial charge on any atom is -0.288 e. The number of hydrogen-bond acceptors (Lipinski definition) is 1. The molecule has 1 rings (SSSR count). The van der Waals surface area contributed by atoms with E-state index in [2.05, 4.69) is 4.74 Å². The van der Waals surface area contributed by atoms with Crippen LogP contribution in [0.15, 0.2) is 0 Å². The molecule has 0 aromatic carbocycles. The van der Waals surface area contributed by atoms with E-state index in [1.54, 1.807) is 0 Å². The molecule has 1 saturated carbocycles. The zero-order valence-electron chi connectivity index (χ0n) is 7.03. The van der Waals surface area contributed by atoms with Gasteiger partial charge in [0.1, 0.15) is 0 Å². The van der Waals surface area contributed by atoms with E-state index in [1.165, 1.54) is 0 Å². The highest BCUT2D eigenvalue weighted by atomic mass is 19.4. The van der Waals surface area contributed by atoms with Gasteiger partial charge in [-0.25, -0.2) is 0 Å². The molecular formula is C8H13F3O. The number of ether oxygens (including phenoxy) is 1. The standard InChI is InChI=1S/C8H13F3O/c1-2-6-4-3-5-7(6)12-8(9,10)11/h6-7H,2-5H2,1H3/t6-,7+/m0/s1. The monoisotopic (exact) mass is 182 g/mol. The summed E-state index contributed by atoms with van der Waals surface area (Å²) in [6.45, 7) is 1.91. The zero-order chi connectivity index (χ0) is 9.19. The Balaban J connectivity index is 2.41. The van der Waals surface area contributed by atoms with Crippen molar-refractivity contribution in [3.63, 3.8) is 0 Å². The summed E-state index contributed by atoms with van der Waals surface area (Å²) in [6.07, 6.45) is -1.98. The van der Waals surface area contributed by atoms with Crippen LogP contribution >= 0.6 is 0 Å². The summed E-state index contributed by atoms with van der Waals surface area (Å²) in [5.74, 6) is 0.103. The second-order valence-corrected chi connectivity index (χ2v) is 3.20. The molecule has 72 valence electrons. The summed E-state index contributed by atoms with van der Waals surface area (Å²) in [6, 6.07) is 0. The van der Waals surface area contributed by atoms with Crippen LogP contribution in [0, 0.1) is 5.92 Å². The Morgan fingerprint density at radius 1 is 1.33 bits per heavy atom. The van der Waals surface area contributed by atoms with Crippen molar-refractivity contribution in [2.75, 3.05) is 0 Å². The summed E-state index contributed by atoms with van der Waals surface area (Å²) in [4.78, 5) is 0. The molecule has 0 aromatic rings. The Hall–Kier alpha value is -0.250. The van der Waals surface area contributed by atoms with E-state index in [-0.39, 0.29) is 5.92 Å². The van der Waals surface area contributed by atoms with Gasteiger partial charge in [-0.1, -0.05) is 19.8 Å². The molecule has 1 fully saturated rings. The summed E-state index contributed by atoms with van der Waals surface area (Å²) in [5, 5.41) is 0. The second kappa shape index (κ2) is 3.64. The predicted octanol–water partition coefficient (Wildman–Crippen LogP) is 3.10. The van der Waals surface area contributed by atoms with E-state index in [9.17, 15) is 13.2 Å². The topological polar surface area (TPSA) is 9.23 Å². The molecule has 0 spiro atoms. The Kier molecular flexibility index (Phi) is 2.99. The quantitative estimate of drug-likeness (QED) is 0.637. The molecule has 2 atom stereocenters. The number of halogens is 3. The lowest BCUT2D eigenvalue weighted by Gasteiger charge is -2.19. The average molecular weight is 182 g/mol. The minimum atomic E-state index is -4.46. The lowest BCUT2D eigenvalue weighted by Crippen LogP contribution is -2.26. The van der Waals surface area contributed by atoms with Crippen molar-refractivity contribution in [1.82, 2.24) is 0 Å². The van der Waals surface area contributed by atoms with Crippen molar-refractivity contribution in [1.29, 1.82) is 0 Å². The largest absolute Gasteiger partial charge is 0.522 e. The van der Waals surface area contributed by atoms with Crippen molar-refractivity contribution in [2.24, 2.45) is 5.92 Å². The molecule has 1 aliphatic carbocycles. The molecule has 1 aliphatic rings. The van der Waals surface area contributed by atoms with Gasteiger partial charge in [-0.2, -0.15) is 0 Å². The van der Waals surface area contributed by atoms with Gasteiger partial charge in [-0.05, 0) is 18.8 Å². The fraction of sp³-hybridized carbons (Fsp3) is 1.00. The van der Waals surface area contributed by atoms with Gasteiger partial charge in [0.2, 0.25) is 0 Å². The van der Waals surface area contributed by atoms with Gasteiger partial charge in [0.25, 0.3) is 0 Å². The lowest BCUT2D eigenvalue weighted by molar-refractivity contribution is -0.346. The molecule has 0 bridgehead atoms. The molecule has 0 amide bonds. The Labute approximate surface area is 69.9 Å². The molecule has 0 unspecified atom stereocenters. The van der Waals surface area contributed by atoms with Crippen molar-refractivity contribution in [3.8, 4) is 0 Å². The van der Waals surface area contributed by atoms with E-state index in [4.69, 9.17) is 0 Å². The van der Waals surface area contributed by atoms with E-state index >= 15 is 0 Å². The zero-order valence-corrected chi connectivity index (χ0v) is 7.03. The normalized spacial score (nSPS) is 31.0. The van der Waals surface area contributed by atoms with Gasteiger partial charge in [-0.15, -0.1) is 13.2 Å². The van der Waals surface area contributed by atoms with Gasteiger partial charge in [-0.3, -0.25) is 4.74 Å². The summed E-state index contributed by atoms with van der Waals surface area (Å²) in [7, 11) is 0. The van der Waals surface area contributed by atoms with Crippen LogP contribution in [0.2, 0.25) is 0 Å². The maximum atomic E-state index is 11.8. The summed E-state index contributed by atoms with van der Waals surface area (Å²) >= 11 is 0. The van der Waals surface area contributed by atoms with Crippen molar-refractivity contribution in [3.05, 3.63) is 0 Å². The highest BCUT2D eigenvalue weighted by molar-refractivity contribution is 4.77. The highest BCUT2D eigenvalue weighted by Gasteiger charge is 2.38. The maximum absolute atomic E-state index is 11.8. The van der Waals surface area contributed by atoms with Crippen LogP contribution in [0.4, 0.5) is 13.2 Å². The minimum absolute atomic E-state index is 0.103. The molecule has 0 saturated heterocycles. The number of rotatable bonds is 2. The molecule has 0 radical (unpaired) electrons. The smallest absolute Gasteiger partial charge is 0.288 e. The van der Waals surface area contributed by atoms with E-state index in [1.807, 2.05) is 6.92 Å². The van der Waals surface area contributed by atoms with E-state index in [0.717, 1.165) is 19.3 Å². The fourth-order valence-corrected chi connectivity index (χ4v) is 1.80. The first-order valence-electron chi connectivity index (χ1n) is 4.27. The third-order valence-corrected chi connectivity index (χ3v) is 2.40. The first-order valence-corrected chi connectivity index (χ1v) is 4.27. The van der Waals surface area contributed by atoms with Crippen molar-refractivity contribution < 1.29 is 17.9 Å². The van der Waals surface area contributed by atoms with Gasteiger partial charge >= 0.3 is 6.36 Å². The Morgan fingerprint density at radius 3 is 2.50 bits per heavy atom. The van der Waals surface area contributed by atoms with E-state index in [0.29, 0.717) is 6.42 Å². The molecule has 12 heavy (non-hydrogen) atoms. The van der Waals surface area contributed by atoms with Crippen LogP contribution in [0.1, 0.15) is 32.6 Å². The second-order valence-electron chi connectivity index (χ2n) is 3.20. The third kappa shape index (κ3) is 2.66. The highest BCUT2D eigenvalue weighted by Crippen LogP contribution is 2.34. The number of alkyl halides is 3. The van der Waals surface area contributed by atoms with Crippen LogP contribution in [0.25, 0.3) is 0 Å². The van der Waals surface area contributed by atoms with Crippen molar-refractivity contribution >= 4 is 0 Å². The Bertz CT molecular complexity index is 144. The van der Waals surface area contributed by atoms with Gasteiger partial charge in [0, 0.05) is 0 Å². The average Bonchev–Trinajstić information content (AvgIpc) is 2.31. The van der Waals surface area contributed by atoms with Gasteiger partial charge in [0.15, 0.2) is 0 Å². The molecule has 0 N–H and O–H groups in total. The fourth-order valence-electron chi connectivity index (χ4n) is 1.80. The van der Waals surface area contributed by atoms with Gasteiger partial charge < -0.3 is 0 Å². The maximum Gasteiger partial charge on any atom is 0.522 e. The molecular weight excluding hydrogens is 169 g/mol. The molecule has 1 nitrogen and oxygen atoms in total. The Morgan fingerprint density at radius 2 is 2.00 bits per heavy atom. The lowest BCUT2D eigenvalue weighted by atomic mass is 10.0.